The van der Waals surface area contributed by atoms with Crippen molar-refractivity contribution in [1.82, 2.24) is 0 Å². The van der Waals surface area contributed by atoms with Crippen molar-refractivity contribution in [1.29, 1.82) is 0 Å². The molecule has 1 N–H and O–H groups in total. The molecule has 0 aromatic heterocycles. The van der Waals surface area contributed by atoms with E-state index in [2.05, 4.69) is 9.73 Å². The van der Waals surface area contributed by atoms with E-state index in [0.717, 1.165) is 0 Å². The Labute approximate surface area is 150 Å². The van der Waals surface area contributed by atoms with Gasteiger partial charge in [0.1, 0.15) is 0 Å². The molecule has 7 heteroatoms. The molecule has 136 valence electrons. The number of nitrogens with zero attached hydrogens (tertiary/aromatic N) is 1. The fraction of sp³-hybridized carbons (Fsp3) is 0.211. The number of carboxylic acids is 1. The molecular weight excluding hydrogens is 338 g/mol. The highest BCUT2D eigenvalue weighted by Gasteiger charge is 2.17. The van der Waals surface area contributed by atoms with Gasteiger partial charge >= 0.3 is 11.9 Å². The van der Waals surface area contributed by atoms with Crippen molar-refractivity contribution in [2.75, 3.05) is 14.2 Å². The van der Waals surface area contributed by atoms with Crippen molar-refractivity contribution in [2.45, 2.75) is 13.0 Å². The summed E-state index contributed by atoms with van der Waals surface area (Å²) in [5.41, 5.74) is 1.60. The monoisotopic (exact) mass is 357 g/mol. The molecule has 0 saturated carbocycles. The molecule has 2 rings (SSSR count). The standard InChI is InChI=1S/C19H19NO6/c1-12(18(21)22)26-17-14(5-4-6-16(17)24-2)11-20-15-9-7-13(8-10-15)19(23)25-3/h4-12H,1-3H3,(H,21,22)/t12-/m1/s1. The quantitative estimate of drug-likeness (QED) is 0.604. The SMILES string of the molecule is COC(=O)c1ccc(N=Cc2cccc(OC)c2O[C@H](C)C(=O)O)cc1. The first-order valence-corrected chi connectivity index (χ1v) is 7.75. The van der Waals surface area contributed by atoms with Crippen LogP contribution in [0.1, 0.15) is 22.8 Å². The van der Waals surface area contributed by atoms with Crippen molar-refractivity contribution in [3.05, 3.63) is 53.6 Å². The summed E-state index contributed by atoms with van der Waals surface area (Å²) in [5, 5.41) is 9.06. The number of carbonyl (C=O) groups excluding carboxylic acids is 1. The Bertz CT molecular complexity index is 813. The molecule has 0 saturated heterocycles. The lowest BCUT2D eigenvalue weighted by Gasteiger charge is -2.15. The van der Waals surface area contributed by atoms with Gasteiger partial charge in [0, 0.05) is 11.8 Å². The molecule has 0 bridgehead atoms. The first-order valence-electron chi connectivity index (χ1n) is 7.75. The molecule has 26 heavy (non-hydrogen) atoms. The van der Waals surface area contributed by atoms with Gasteiger partial charge in [-0.15, -0.1) is 0 Å². The number of rotatable bonds is 7. The Kier molecular flexibility index (Phi) is 6.32. The van der Waals surface area contributed by atoms with Crippen molar-refractivity contribution < 1.29 is 28.9 Å². The van der Waals surface area contributed by atoms with Gasteiger partial charge in [0.15, 0.2) is 17.6 Å². The molecule has 7 nitrogen and oxygen atoms in total. The van der Waals surface area contributed by atoms with Crippen LogP contribution in [0.2, 0.25) is 0 Å². The molecule has 0 fully saturated rings. The Morgan fingerprint density at radius 3 is 2.38 bits per heavy atom. The van der Waals surface area contributed by atoms with E-state index in [0.29, 0.717) is 28.3 Å². The second kappa shape index (κ2) is 8.66. The second-order valence-electron chi connectivity index (χ2n) is 5.27. The second-order valence-corrected chi connectivity index (χ2v) is 5.27. The van der Waals surface area contributed by atoms with E-state index in [9.17, 15) is 9.59 Å². The van der Waals surface area contributed by atoms with Gasteiger partial charge in [-0.25, -0.2) is 9.59 Å². The minimum Gasteiger partial charge on any atom is -0.493 e. The molecule has 0 aliphatic heterocycles. The van der Waals surface area contributed by atoms with Gasteiger partial charge in [0.05, 0.1) is 25.5 Å². The van der Waals surface area contributed by atoms with Gasteiger partial charge in [-0.1, -0.05) is 6.07 Å². The lowest BCUT2D eigenvalue weighted by Crippen LogP contribution is -2.23. The van der Waals surface area contributed by atoms with Gasteiger partial charge in [-0.05, 0) is 43.3 Å². The van der Waals surface area contributed by atoms with Crippen LogP contribution in [-0.4, -0.2) is 43.6 Å². The largest absolute Gasteiger partial charge is 0.493 e. The van der Waals surface area contributed by atoms with Crippen LogP contribution in [0.5, 0.6) is 11.5 Å². The van der Waals surface area contributed by atoms with Gasteiger partial charge in [-0.3, -0.25) is 4.99 Å². The molecule has 0 spiro atoms. The molecular formula is C19H19NO6. The predicted molar refractivity (Wildman–Crippen MR) is 95.8 cm³/mol. The van der Waals surface area contributed by atoms with Crippen LogP contribution >= 0.6 is 0 Å². The molecule has 1 atom stereocenters. The van der Waals surface area contributed by atoms with Crippen LogP contribution in [0.3, 0.4) is 0 Å². The summed E-state index contributed by atoms with van der Waals surface area (Å²) in [4.78, 5) is 26.8. The van der Waals surface area contributed by atoms with E-state index in [1.807, 2.05) is 0 Å². The normalized spacial score (nSPS) is 11.8. The number of carboxylic acid groups (broad SMARTS) is 1. The molecule has 0 aliphatic rings. The summed E-state index contributed by atoms with van der Waals surface area (Å²) in [6.07, 6.45) is 0.498. The number of para-hydroxylation sites is 1. The maximum atomic E-state index is 11.4. The van der Waals surface area contributed by atoms with Crippen molar-refractivity contribution >= 4 is 23.8 Å². The predicted octanol–water partition coefficient (Wildman–Crippen LogP) is 3.08. The summed E-state index contributed by atoms with van der Waals surface area (Å²) >= 11 is 0. The Morgan fingerprint density at radius 1 is 1.12 bits per heavy atom. The number of esters is 1. The third kappa shape index (κ3) is 4.60. The molecule has 0 aliphatic carbocycles. The van der Waals surface area contributed by atoms with E-state index < -0.39 is 18.0 Å². The van der Waals surface area contributed by atoms with E-state index in [1.165, 1.54) is 21.1 Å². The van der Waals surface area contributed by atoms with Crippen LogP contribution in [-0.2, 0) is 9.53 Å². The third-order valence-corrected chi connectivity index (χ3v) is 3.51. The van der Waals surface area contributed by atoms with Gasteiger partial charge in [0.2, 0.25) is 0 Å². The highest BCUT2D eigenvalue weighted by atomic mass is 16.5. The number of benzene rings is 2. The maximum Gasteiger partial charge on any atom is 0.344 e. The van der Waals surface area contributed by atoms with E-state index in [1.54, 1.807) is 48.7 Å². The Balaban J connectivity index is 2.29. The fourth-order valence-corrected chi connectivity index (χ4v) is 2.09. The maximum absolute atomic E-state index is 11.4. The number of hydrogen-bond donors (Lipinski definition) is 1. The van der Waals surface area contributed by atoms with Crippen LogP contribution in [0.15, 0.2) is 47.5 Å². The lowest BCUT2D eigenvalue weighted by molar-refractivity contribution is -0.144. The van der Waals surface area contributed by atoms with Gasteiger partial charge < -0.3 is 19.3 Å². The highest BCUT2D eigenvalue weighted by molar-refractivity contribution is 5.90. The summed E-state index contributed by atoms with van der Waals surface area (Å²) < 4.78 is 15.4. The number of aliphatic carboxylic acids is 1. The average Bonchev–Trinajstić information content (AvgIpc) is 2.66. The molecule has 0 heterocycles. The van der Waals surface area contributed by atoms with Crippen LogP contribution in [0, 0.1) is 0 Å². The lowest BCUT2D eigenvalue weighted by atomic mass is 10.2. The zero-order chi connectivity index (χ0) is 19.1. The van der Waals surface area contributed by atoms with E-state index >= 15 is 0 Å². The number of methoxy groups -OCH3 is 2. The van der Waals surface area contributed by atoms with Crippen molar-refractivity contribution in [3.8, 4) is 11.5 Å². The summed E-state index contributed by atoms with van der Waals surface area (Å²) in [6, 6.07) is 11.7. The van der Waals surface area contributed by atoms with Crippen LogP contribution in [0.25, 0.3) is 0 Å². The molecule has 0 radical (unpaired) electrons. The van der Waals surface area contributed by atoms with Gasteiger partial charge in [-0.2, -0.15) is 0 Å². The van der Waals surface area contributed by atoms with Crippen molar-refractivity contribution in [2.24, 2.45) is 4.99 Å². The number of hydrogen-bond acceptors (Lipinski definition) is 6. The van der Waals surface area contributed by atoms with E-state index in [-0.39, 0.29) is 0 Å². The Hall–Kier alpha value is -3.35. The molecule has 2 aromatic rings. The minimum atomic E-state index is -1.09. The van der Waals surface area contributed by atoms with E-state index in [4.69, 9.17) is 14.6 Å². The summed E-state index contributed by atoms with van der Waals surface area (Å²) in [7, 11) is 2.79. The van der Waals surface area contributed by atoms with Crippen LogP contribution < -0.4 is 9.47 Å². The first-order chi connectivity index (χ1) is 12.5. The number of ether oxygens (including phenoxy) is 3. The number of aliphatic imine (C=N–C) groups is 1. The Morgan fingerprint density at radius 2 is 1.81 bits per heavy atom. The smallest absolute Gasteiger partial charge is 0.344 e. The highest BCUT2D eigenvalue weighted by Crippen LogP contribution is 2.31. The zero-order valence-electron chi connectivity index (χ0n) is 14.6. The average molecular weight is 357 g/mol. The fourth-order valence-electron chi connectivity index (χ4n) is 2.09. The van der Waals surface area contributed by atoms with Crippen LogP contribution in [0.4, 0.5) is 5.69 Å². The molecule has 2 aromatic carbocycles. The zero-order valence-corrected chi connectivity index (χ0v) is 14.6. The summed E-state index contributed by atoms with van der Waals surface area (Å²) in [5.74, 6) is -0.813. The van der Waals surface area contributed by atoms with Gasteiger partial charge in [0.25, 0.3) is 0 Å². The van der Waals surface area contributed by atoms with Crippen molar-refractivity contribution in [3.63, 3.8) is 0 Å². The molecule has 0 unspecified atom stereocenters. The topological polar surface area (TPSA) is 94.4 Å². The third-order valence-electron chi connectivity index (χ3n) is 3.51. The summed E-state index contributed by atoms with van der Waals surface area (Å²) in [6.45, 7) is 1.43. The minimum absolute atomic E-state index is 0.292. The molecule has 0 amide bonds. The first kappa shape index (κ1) is 19.0. The number of carbonyl (C=O) groups is 2.